The molecule has 2 aromatic rings. The number of anilines is 3. The quantitative estimate of drug-likeness (QED) is 0.808. The molecule has 1 aliphatic heterocycles. The van der Waals surface area contributed by atoms with Gasteiger partial charge in [-0.3, -0.25) is 8.61 Å². The van der Waals surface area contributed by atoms with E-state index < -0.39 is 22.0 Å². The fourth-order valence-electron chi connectivity index (χ4n) is 3.32. The number of benzene rings is 2. The fourth-order valence-corrected chi connectivity index (χ4v) is 4.79. The standard InChI is InChI=1S/C18H19F2N3O3S/c1-22-17-7-11(14-8-13(26-2)4-5-15(14)21)3-6-16(17)23(27(22,24)25)10-12-9-18(12,19)20/h3-8,12H,9-10,21H2,1-2H3. The summed E-state index contributed by atoms with van der Waals surface area (Å²) in [4.78, 5) is 0. The van der Waals surface area contributed by atoms with Crippen LogP contribution in [0.5, 0.6) is 5.75 Å². The van der Waals surface area contributed by atoms with Gasteiger partial charge < -0.3 is 10.5 Å². The van der Waals surface area contributed by atoms with Gasteiger partial charge in [0.25, 0.3) is 5.92 Å². The minimum absolute atomic E-state index is 0.229. The van der Waals surface area contributed by atoms with Crippen molar-refractivity contribution in [3.63, 3.8) is 0 Å². The van der Waals surface area contributed by atoms with Crippen LogP contribution in [-0.4, -0.2) is 35.0 Å². The minimum atomic E-state index is -3.87. The van der Waals surface area contributed by atoms with Gasteiger partial charge in [-0.15, -0.1) is 0 Å². The average Bonchev–Trinajstić information content (AvgIpc) is 3.19. The van der Waals surface area contributed by atoms with Crippen molar-refractivity contribution in [1.29, 1.82) is 0 Å². The number of ether oxygens (including phenoxy) is 1. The zero-order valence-corrected chi connectivity index (χ0v) is 15.6. The van der Waals surface area contributed by atoms with E-state index in [4.69, 9.17) is 10.5 Å². The fraction of sp³-hybridized carbons (Fsp3) is 0.333. The Morgan fingerprint density at radius 2 is 1.93 bits per heavy atom. The Bertz CT molecular complexity index is 1030. The zero-order valence-electron chi connectivity index (χ0n) is 14.8. The molecular formula is C18H19F2N3O3S. The topological polar surface area (TPSA) is 75.9 Å². The van der Waals surface area contributed by atoms with Crippen LogP contribution in [0.2, 0.25) is 0 Å². The molecule has 144 valence electrons. The SMILES string of the molecule is COc1ccc(N)c(-c2ccc3c(c2)N(C)S(=O)(=O)N3CC2CC2(F)F)c1. The van der Waals surface area contributed by atoms with Crippen LogP contribution in [0.3, 0.4) is 0 Å². The number of nitrogens with zero attached hydrogens (tertiary/aromatic N) is 2. The zero-order chi connectivity index (χ0) is 19.6. The third-order valence-electron chi connectivity index (χ3n) is 5.12. The van der Waals surface area contributed by atoms with Crippen LogP contribution in [0.4, 0.5) is 25.8 Å². The molecule has 1 heterocycles. The highest BCUT2D eigenvalue weighted by molar-refractivity contribution is 7.94. The van der Waals surface area contributed by atoms with Crippen LogP contribution in [0.1, 0.15) is 6.42 Å². The smallest absolute Gasteiger partial charge is 0.326 e. The monoisotopic (exact) mass is 395 g/mol. The molecule has 1 fully saturated rings. The molecule has 1 atom stereocenters. The van der Waals surface area contributed by atoms with Gasteiger partial charge in [0.1, 0.15) is 5.75 Å². The molecule has 0 bridgehead atoms. The van der Waals surface area contributed by atoms with E-state index in [0.29, 0.717) is 33.9 Å². The van der Waals surface area contributed by atoms with Crippen LogP contribution in [0, 0.1) is 5.92 Å². The molecular weight excluding hydrogens is 376 g/mol. The van der Waals surface area contributed by atoms with Crippen molar-refractivity contribution in [2.75, 3.05) is 35.0 Å². The van der Waals surface area contributed by atoms with Crippen LogP contribution in [-0.2, 0) is 10.2 Å². The number of rotatable bonds is 4. The molecule has 2 N–H and O–H groups in total. The van der Waals surface area contributed by atoms with E-state index in [1.54, 1.807) is 43.5 Å². The summed E-state index contributed by atoms with van der Waals surface area (Å²) in [5.41, 5.74) is 8.82. The second-order valence-corrected chi connectivity index (χ2v) is 8.71. The van der Waals surface area contributed by atoms with E-state index in [1.807, 2.05) is 0 Å². The van der Waals surface area contributed by atoms with E-state index in [1.165, 1.54) is 7.05 Å². The van der Waals surface area contributed by atoms with Crippen LogP contribution in [0.15, 0.2) is 36.4 Å². The highest BCUT2D eigenvalue weighted by atomic mass is 32.2. The molecule has 27 heavy (non-hydrogen) atoms. The summed E-state index contributed by atoms with van der Waals surface area (Å²) in [6.07, 6.45) is -0.281. The maximum atomic E-state index is 13.3. The van der Waals surface area contributed by atoms with E-state index in [-0.39, 0.29) is 13.0 Å². The lowest BCUT2D eigenvalue weighted by Gasteiger charge is -2.18. The Morgan fingerprint density at radius 1 is 1.22 bits per heavy atom. The number of halogens is 2. The number of nitrogens with two attached hydrogens (primary N) is 1. The van der Waals surface area contributed by atoms with E-state index in [0.717, 1.165) is 8.61 Å². The Kier molecular flexibility index (Phi) is 3.78. The van der Waals surface area contributed by atoms with E-state index in [2.05, 4.69) is 0 Å². The lowest BCUT2D eigenvalue weighted by molar-refractivity contribution is 0.101. The molecule has 1 unspecified atom stereocenters. The maximum Gasteiger partial charge on any atom is 0.326 e. The number of hydrogen-bond donors (Lipinski definition) is 1. The van der Waals surface area contributed by atoms with Crippen molar-refractivity contribution in [2.45, 2.75) is 12.3 Å². The first-order valence-electron chi connectivity index (χ1n) is 8.37. The van der Waals surface area contributed by atoms with Gasteiger partial charge >= 0.3 is 10.2 Å². The van der Waals surface area contributed by atoms with Crippen molar-refractivity contribution < 1.29 is 21.9 Å². The Balaban J connectivity index is 1.76. The molecule has 1 aliphatic carbocycles. The summed E-state index contributed by atoms with van der Waals surface area (Å²) >= 11 is 0. The van der Waals surface area contributed by atoms with Crippen LogP contribution in [0.25, 0.3) is 11.1 Å². The van der Waals surface area contributed by atoms with Gasteiger partial charge in [-0.25, -0.2) is 8.78 Å². The van der Waals surface area contributed by atoms with Gasteiger partial charge in [-0.05, 0) is 35.9 Å². The van der Waals surface area contributed by atoms with Gasteiger partial charge in [-0.1, -0.05) is 6.07 Å². The van der Waals surface area contributed by atoms with Gasteiger partial charge in [0.15, 0.2) is 0 Å². The van der Waals surface area contributed by atoms with Crippen molar-refractivity contribution >= 4 is 27.3 Å². The van der Waals surface area contributed by atoms with Crippen molar-refractivity contribution in [1.82, 2.24) is 0 Å². The highest BCUT2D eigenvalue weighted by Gasteiger charge is 2.59. The third-order valence-corrected chi connectivity index (χ3v) is 6.91. The first-order chi connectivity index (χ1) is 12.6. The lowest BCUT2D eigenvalue weighted by atomic mass is 10.0. The van der Waals surface area contributed by atoms with Crippen molar-refractivity contribution in [3.05, 3.63) is 36.4 Å². The molecule has 0 spiro atoms. The number of nitrogen functional groups attached to an aromatic ring is 1. The Labute approximate surface area is 156 Å². The second kappa shape index (κ2) is 5.72. The summed E-state index contributed by atoms with van der Waals surface area (Å²) in [6, 6.07) is 10.3. The molecule has 0 amide bonds. The van der Waals surface area contributed by atoms with Gasteiger partial charge in [0.2, 0.25) is 0 Å². The number of fused-ring (bicyclic) bond motifs is 1. The summed E-state index contributed by atoms with van der Waals surface area (Å²) in [5, 5.41) is 0. The first-order valence-corrected chi connectivity index (χ1v) is 9.77. The van der Waals surface area contributed by atoms with Gasteiger partial charge in [0, 0.05) is 37.2 Å². The molecule has 2 aliphatic rings. The molecule has 9 heteroatoms. The maximum absolute atomic E-state index is 13.3. The lowest BCUT2D eigenvalue weighted by Crippen LogP contribution is -2.37. The molecule has 6 nitrogen and oxygen atoms in total. The summed E-state index contributed by atoms with van der Waals surface area (Å²) < 4.78 is 59.4. The molecule has 1 saturated carbocycles. The normalized spacial score (nSPS) is 21.9. The van der Waals surface area contributed by atoms with Crippen molar-refractivity contribution in [2.24, 2.45) is 5.92 Å². The van der Waals surface area contributed by atoms with Crippen LogP contribution >= 0.6 is 0 Å². The summed E-state index contributed by atoms with van der Waals surface area (Å²) in [6.45, 7) is -0.229. The minimum Gasteiger partial charge on any atom is -0.497 e. The molecule has 0 saturated heterocycles. The van der Waals surface area contributed by atoms with Crippen LogP contribution < -0.4 is 19.1 Å². The predicted molar refractivity (Wildman–Crippen MR) is 101 cm³/mol. The molecule has 0 aromatic heterocycles. The first kappa shape index (κ1) is 17.8. The summed E-state index contributed by atoms with van der Waals surface area (Å²) in [7, 11) is -0.915. The average molecular weight is 395 g/mol. The van der Waals surface area contributed by atoms with Gasteiger partial charge in [0.05, 0.1) is 18.5 Å². The Morgan fingerprint density at radius 3 is 2.56 bits per heavy atom. The number of alkyl halides is 2. The molecule has 4 rings (SSSR count). The largest absolute Gasteiger partial charge is 0.497 e. The van der Waals surface area contributed by atoms with E-state index >= 15 is 0 Å². The third kappa shape index (κ3) is 2.77. The van der Waals surface area contributed by atoms with Crippen molar-refractivity contribution in [3.8, 4) is 16.9 Å². The predicted octanol–water partition coefficient (Wildman–Crippen LogP) is 3.10. The second-order valence-electron chi connectivity index (χ2n) is 6.83. The number of hydrogen-bond acceptors (Lipinski definition) is 4. The molecule has 2 aromatic carbocycles. The Hall–Kier alpha value is -2.55. The highest BCUT2D eigenvalue weighted by Crippen LogP contribution is 2.52. The van der Waals surface area contributed by atoms with E-state index in [9.17, 15) is 17.2 Å². The number of methoxy groups -OCH3 is 1. The van der Waals surface area contributed by atoms with Gasteiger partial charge in [-0.2, -0.15) is 8.42 Å². The summed E-state index contributed by atoms with van der Waals surface area (Å²) in [5.74, 6) is -3.11. The molecule has 0 radical (unpaired) electrons.